The van der Waals surface area contributed by atoms with Gasteiger partial charge in [-0.05, 0) is 55.2 Å². The topological polar surface area (TPSA) is 110 Å². The maximum Gasteiger partial charge on any atom is 0.264 e. The normalized spacial score (nSPS) is 13.4. The summed E-state index contributed by atoms with van der Waals surface area (Å²) in [5, 5.41) is 4.38. The Morgan fingerprint density at radius 3 is 2.55 bits per heavy atom. The summed E-state index contributed by atoms with van der Waals surface area (Å²) in [5.74, 6) is 0.783. The van der Waals surface area contributed by atoms with Gasteiger partial charge in [-0.2, -0.15) is 0 Å². The minimum atomic E-state index is -3.76. The maximum atomic E-state index is 12.5. The van der Waals surface area contributed by atoms with Crippen molar-refractivity contribution in [1.29, 1.82) is 0 Å². The van der Waals surface area contributed by atoms with Crippen LogP contribution in [0.5, 0.6) is 0 Å². The van der Waals surface area contributed by atoms with Crippen LogP contribution in [0.25, 0.3) is 10.2 Å². The Kier molecular flexibility index (Phi) is 4.36. The summed E-state index contributed by atoms with van der Waals surface area (Å²) in [4.78, 5) is 19.1. The Morgan fingerprint density at radius 2 is 1.76 bits per heavy atom. The first-order valence-electron chi connectivity index (χ1n) is 9.02. The molecule has 1 aliphatic rings. The van der Waals surface area contributed by atoms with Gasteiger partial charge >= 0.3 is 0 Å². The van der Waals surface area contributed by atoms with Gasteiger partial charge in [0, 0.05) is 23.0 Å². The first-order valence-corrected chi connectivity index (χ1v) is 11.3. The average Bonchev–Trinajstić information content (AvgIpc) is 3.30. The molecule has 0 spiro atoms. The second-order valence-corrected chi connectivity index (χ2v) is 9.35. The second-order valence-electron chi connectivity index (χ2n) is 6.59. The van der Waals surface area contributed by atoms with Crippen LogP contribution in [-0.2, 0) is 22.9 Å². The van der Waals surface area contributed by atoms with Crippen LogP contribution in [-0.4, -0.2) is 28.4 Å². The molecule has 0 bridgehead atoms. The number of sulfonamides is 1. The third-order valence-corrected chi connectivity index (χ3v) is 7.26. The van der Waals surface area contributed by atoms with Gasteiger partial charge in [-0.25, -0.2) is 33.1 Å². The second kappa shape index (κ2) is 7.05. The van der Waals surface area contributed by atoms with Crippen molar-refractivity contribution in [2.75, 3.05) is 10.0 Å². The lowest BCUT2D eigenvalue weighted by Crippen LogP contribution is -2.14. The van der Waals surface area contributed by atoms with Gasteiger partial charge in [-0.3, -0.25) is 0 Å². The van der Waals surface area contributed by atoms with Gasteiger partial charge in [-0.1, -0.05) is 0 Å². The molecular formula is C19H16N6O2S2. The molecule has 0 fully saturated rings. The van der Waals surface area contributed by atoms with E-state index >= 15 is 0 Å². The molecule has 0 radical (unpaired) electrons. The summed E-state index contributed by atoms with van der Waals surface area (Å²) in [6, 6.07) is 8.10. The molecule has 0 aliphatic heterocycles. The number of nitrogens with one attached hydrogen (secondary N) is 2. The van der Waals surface area contributed by atoms with Crippen molar-refractivity contribution in [2.24, 2.45) is 0 Å². The Hall–Kier alpha value is -3.11. The molecule has 0 unspecified atom stereocenters. The molecule has 5 rings (SSSR count). The number of fused-ring (bicyclic) bond motifs is 3. The summed E-state index contributed by atoms with van der Waals surface area (Å²) >= 11 is 1.73. The molecule has 0 amide bonds. The molecular weight excluding hydrogens is 408 g/mol. The average molecular weight is 425 g/mol. The SMILES string of the molecule is O=S(=O)(Nc1ncccn1)c1ccc(Nc2ncnc3sc4c(c23)CCC4)cc1. The molecule has 8 nitrogen and oxygen atoms in total. The van der Waals surface area contributed by atoms with E-state index in [9.17, 15) is 8.42 Å². The Morgan fingerprint density at radius 1 is 0.966 bits per heavy atom. The highest BCUT2D eigenvalue weighted by atomic mass is 32.2. The zero-order chi connectivity index (χ0) is 19.8. The number of anilines is 3. The van der Waals surface area contributed by atoms with E-state index in [0.29, 0.717) is 0 Å². The number of aryl methyl sites for hydroxylation is 2. The van der Waals surface area contributed by atoms with E-state index in [1.165, 1.54) is 35.0 Å². The monoisotopic (exact) mass is 424 g/mol. The quantitative estimate of drug-likeness (QED) is 0.504. The number of hydrogen-bond donors (Lipinski definition) is 2. The molecule has 0 saturated carbocycles. The third kappa shape index (κ3) is 3.40. The van der Waals surface area contributed by atoms with Crippen molar-refractivity contribution in [3.05, 3.63) is 59.5 Å². The minimum Gasteiger partial charge on any atom is -0.340 e. The van der Waals surface area contributed by atoms with E-state index in [1.807, 2.05) is 0 Å². The van der Waals surface area contributed by atoms with Crippen LogP contribution < -0.4 is 10.0 Å². The van der Waals surface area contributed by atoms with Crippen molar-refractivity contribution < 1.29 is 8.42 Å². The lowest BCUT2D eigenvalue weighted by molar-refractivity contribution is 0.601. The van der Waals surface area contributed by atoms with Crippen molar-refractivity contribution in [3.8, 4) is 0 Å². The number of benzene rings is 1. The number of hydrogen-bond acceptors (Lipinski definition) is 8. The molecule has 1 aromatic carbocycles. The zero-order valence-corrected chi connectivity index (χ0v) is 16.8. The van der Waals surface area contributed by atoms with E-state index in [2.05, 4.69) is 30.0 Å². The van der Waals surface area contributed by atoms with Crippen LogP contribution in [0.3, 0.4) is 0 Å². The molecule has 10 heteroatoms. The van der Waals surface area contributed by atoms with Crippen LogP contribution in [0.4, 0.5) is 17.5 Å². The molecule has 3 aromatic heterocycles. The molecule has 146 valence electrons. The van der Waals surface area contributed by atoms with Gasteiger partial charge in [0.1, 0.15) is 17.0 Å². The molecule has 4 aromatic rings. The van der Waals surface area contributed by atoms with Crippen molar-refractivity contribution in [2.45, 2.75) is 24.2 Å². The lowest BCUT2D eigenvalue weighted by Gasteiger charge is -2.10. The van der Waals surface area contributed by atoms with Crippen molar-refractivity contribution in [1.82, 2.24) is 19.9 Å². The van der Waals surface area contributed by atoms with E-state index in [1.54, 1.807) is 35.9 Å². The molecule has 29 heavy (non-hydrogen) atoms. The first-order chi connectivity index (χ1) is 14.1. The summed E-state index contributed by atoms with van der Waals surface area (Å²) in [6.07, 6.45) is 7.81. The predicted molar refractivity (Wildman–Crippen MR) is 112 cm³/mol. The fraction of sp³-hybridized carbons (Fsp3) is 0.158. The van der Waals surface area contributed by atoms with E-state index in [4.69, 9.17) is 0 Å². The third-order valence-electron chi connectivity index (χ3n) is 4.72. The lowest BCUT2D eigenvalue weighted by atomic mass is 10.2. The van der Waals surface area contributed by atoms with Gasteiger partial charge in [-0.15, -0.1) is 11.3 Å². The minimum absolute atomic E-state index is 0.0318. The maximum absolute atomic E-state index is 12.5. The fourth-order valence-corrected chi connectivity index (χ4v) is 5.60. The highest BCUT2D eigenvalue weighted by molar-refractivity contribution is 7.92. The number of nitrogens with zero attached hydrogens (tertiary/aromatic N) is 4. The summed E-state index contributed by atoms with van der Waals surface area (Å²) in [5.41, 5.74) is 2.08. The standard InChI is InChI=1S/C19H16N6O2S2/c26-29(27,25-19-20-9-2-10-21-19)13-7-5-12(6-8-13)24-17-16-14-3-1-4-15(14)28-18(16)23-11-22-17/h2,5-11H,1,3-4H2,(H,20,21,25)(H,22,23,24). The van der Waals surface area contributed by atoms with Gasteiger partial charge in [0.15, 0.2) is 0 Å². The summed E-state index contributed by atoms with van der Waals surface area (Å²) < 4.78 is 27.4. The van der Waals surface area contributed by atoms with Crippen LogP contribution in [0.1, 0.15) is 16.9 Å². The molecule has 0 saturated heterocycles. The van der Waals surface area contributed by atoms with E-state index < -0.39 is 10.0 Å². The van der Waals surface area contributed by atoms with Crippen molar-refractivity contribution in [3.63, 3.8) is 0 Å². The fourth-order valence-electron chi connectivity index (χ4n) is 3.41. The first kappa shape index (κ1) is 18.0. The molecule has 0 atom stereocenters. The Labute approximate surface area is 171 Å². The molecule has 2 N–H and O–H groups in total. The molecule has 1 aliphatic carbocycles. The Bertz CT molecular complexity index is 1290. The van der Waals surface area contributed by atoms with E-state index in [-0.39, 0.29) is 10.8 Å². The number of thiophene rings is 1. The smallest absolute Gasteiger partial charge is 0.264 e. The van der Waals surface area contributed by atoms with E-state index in [0.717, 1.165) is 41.0 Å². The van der Waals surface area contributed by atoms with Crippen molar-refractivity contribution >= 4 is 49.0 Å². The van der Waals surface area contributed by atoms with Gasteiger partial charge in [0.25, 0.3) is 10.0 Å². The highest BCUT2D eigenvalue weighted by Gasteiger charge is 2.21. The number of aromatic nitrogens is 4. The number of rotatable bonds is 5. The predicted octanol–water partition coefficient (Wildman–Crippen LogP) is 3.51. The van der Waals surface area contributed by atoms with Crippen LogP contribution in [0.15, 0.2) is 53.9 Å². The van der Waals surface area contributed by atoms with Crippen LogP contribution in [0, 0.1) is 0 Å². The van der Waals surface area contributed by atoms with Crippen LogP contribution >= 0.6 is 11.3 Å². The largest absolute Gasteiger partial charge is 0.340 e. The summed E-state index contributed by atoms with van der Waals surface area (Å²) in [6.45, 7) is 0. The van der Waals surface area contributed by atoms with Gasteiger partial charge in [0.2, 0.25) is 5.95 Å². The van der Waals surface area contributed by atoms with Gasteiger partial charge in [0.05, 0.1) is 10.3 Å². The Balaban J connectivity index is 1.41. The zero-order valence-electron chi connectivity index (χ0n) is 15.2. The molecule has 3 heterocycles. The van der Waals surface area contributed by atoms with Crippen LogP contribution in [0.2, 0.25) is 0 Å². The highest BCUT2D eigenvalue weighted by Crippen LogP contribution is 2.39. The van der Waals surface area contributed by atoms with Gasteiger partial charge < -0.3 is 5.32 Å². The summed E-state index contributed by atoms with van der Waals surface area (Å²) in [7, 11) is -3.76.